The second-order valence-electron chi connectivity index (χ2n) is 5.27. The molecule has 1 aromatic rings. The lowest BCUT2D eigenvalue weighted by atomic mass is 10.0. The number of hydrogen-bond donors (Lipinski definition) is 2. The normalized spacial score (nSPS) is 20.3. The number of amides is 2. The summed E-state index contributed by atoms with van der Waals surface area (Å²) in [4.78, 5) is 25.4. The quantitative estimate of drug-likeness (QED) is 0.780. The molecule has 5 nitrogen and oxygen atoms in total. The zero-order chi connectivity index (χ0) is 13.4. The molecule has 0 spiro atoms. The first-order chi connectivity index (χ1) is 9.13. The summed E-state index contributed by atoms with van der Waals surface area (Å²) in [5.41, 5.74) is 1.86. The van der Waals surface area contributed by atoms with Gasteiger partial charge in [0.15, 0.2) is 0 Å². The molecule has 0 bridgehead atoms. The van der Waals surface area contributed by atoms with Gasteiger partial charge in [0, 0.05) is 11.7 Å². The molecule has 0 unspecified atom stereocenters. The summed E-state index contributed by atoms with van der Waals surface area (Å²) >= 11 is 0. The van der Waals surface area contributed by atoms with Gasteiger partial charge in [0.2, 0.25) is 0 Å². The molecular weight excluding hydrogens is 242 g/mol. The molecule has 19 heavy (non-hydrogen) atoms. The predicted molar refractivity (Wildman–Crippen MR) is 72.4 cm³/mol. The molecule has 0 saturated carbocycles. The van der Waals surface area contributed by atoms with Gasteiger partial charge < -0.3 is 10.2 Å². The van der Waals surface area contributed by atoms with Crippen LogP contribution in [-0.4, -0.2) is 42.9 Å². The van der Waals surface area contributed by atoms with Gasteiger partial charge in [0.05, 0.1) is 11.1 Å². The molecule has 0 aromatic heterocycles. The SMILES string of the molecule is CN1CCC(Nc2ccc3c(c2)C(=O)NC3=O)CC1. The number of nitrogens with one attached hydrogen (secondary N) is 2. The molecule has 2 N–H and O–H groups in total. The van der Waals surface area contributed by atoms with E-state index in [-0.39, 0.29) is 11.8 Å². The number of hydrogen-bond acceptors (Lipinski definition) is 4. The second-order valence-corrected chi connectivity index (χ2v) is 5.27. The van der Waals surface area contributed by atoms with Crippen LogP contribution in [0.5, 0.6) is 0 Å². The number of piperidine rings is 1. The van der Waals surface area contributed by atoms with Gasteiger partial charge in [0.25, 0.3) is 11.8 Å². The summed E-state index contributed by atoms with van der Waals surface area (Å²) in [5, 5.41) is 5.76. The van der Waals surface area contributed by atoms with E-state index in [1.807, 2.05) is 6.07 Å². The smallest absolute Gasteiger partial charge is 0.259 e. The average Bonchev–Trinajstić information content (AvgIpc) is 2.68. The standard InChI is InChI=1S/C14H17N3O2/c1-17-6-4-9(5-7-17)15-10-2-3-11-12(8-10)14(19)16-13(11)18/h2-3,8-9,15H,4-7H2,1H3,(H,16,18,19). The number of benzene rings is 1. The Morgan fingerprint density at radius 2 is 1.84 bits per heavy atom. The van der Waals surface area contributed by atoms with E-state index < -0.39 is 0 Å². The number of likely N-dealkylation sites (tertiary alicyclic amines) is 1. The predicted octanol–water partition coefficient (Wildman–Crippen LogP) is 1.08. The van der Waals surface area contributed by atoms with Gasteiger partial charge >= 0.3 is 0 Å². The van der Waals surface area contributed by atoms with Gasteiger partial charge in [-0.15, -0.1) is 0 Å². The van der Waals surface area contributed by atoms with E-state index in [1.165, 1.54) is 0 Å². The third-order valence-corrected chi connectivity index (χ3v) is 3.83. The minimum absolute atomic E-state index is 0.299. The van der Waals surface area contributed by atoms with Crippen molar-refractivity contribution < 1.29 is 9.59 Å². The fourth-order valence-electron chi connectivity index (χ4n) is 2.65. The summed E-state index contributed by atoms with van der Waals surface area (Å²) in [6, 6.07) is 5.80. The summed E-state index contributed by atoms with van der Waals surface area (Å²) < 4.78 is 0. The van der Waals surface area contributed by atoms with Crippen molar-refractivity contribution in [3.63, 3.8) is 0 Å². The Bertz CT molecular complexity index is 533. The molecule has 0 aliphatic carbocycles. The van der Waals surface area contributed by atoms with Gasteiger partial charge in [-0.3, -0.25) is 14.9 Å². The molecule has 1 aromatic carbocycles. The van der Waals surface area contributed by atoms with E-state index in [9.17, 15) is 9.59 Å². The third kappa shape index (κ3) is 2.33. The van der Waals surface area contributed by atoms with Crippen molar-refractivity contribution in [1.82, 2.24) is 10.2 Å². The van der Waals surface area contributed by atoms with Crippen LogP contribution >= 0.6 is 0 Å². The summed E-state index contributed by atoms with van der Waals surface area (Å²) in [5.74, 6) is -0.599. The van der Waals surface area contributed by atoms with Crippen LogP contribution in [0.15, 0.2) is 18.2 Å². The fraction of sp³-hybridized carbons (Fsp3) is 0.429. The maximum absolute atomic E-state index is 11.6. The molecule has 0 atom stereocenters. The first-order valence-corrected chi connectivity index (χ1v) is 6.58. The van der Waals surface area contributed by atoms with Crippen molar-refractivity contribution >= 4 is 17.5 Å². The highest BCUT2D eigenvalue weighted by Crippen LogP contribution is 2.22. The summed E-state index contributed by atoms with van der Waals surface area (Å²) in [6.45, 7) is 2.17. The number of anilines is 1. The number of rotatable bonds is 2. The molecule has 2 amide bonds. The summed E-state index contributed by atoms with van der Waals surface area (Å²) in [7, 11) is 2.13. The van der Waals surface area contributed by atoms with Gasteiger partial charge in [-0.05, 0) is 51.2 Å². The van der Waals surface area contributed by atoms with E-state index >= 15 is 0 Å². The van der Waals surface area contributed by atoms with Crippen LogP contribution in [0.3, 0.4) is 0 Å². The minimum Gasteiger partial charge on any atom is -0.382 e. The van der Waals surface area contributed by atoms with Crippen LogP contribution in [-0.2, 0) is 0 Å². The maximum atomic E-state index is 11.6. The van der Waals surface area contributed by atoms with Crippen LogP contribution in [0.2, 0.25) is 0 Å². The lowest BCUT2D eigenvalue weighted by Gasteiger charge is -2.30. The van der Waals surface area contributed by atoms with Gasteiger partial charge in [-0.25, -0.2) is 0 Å². The third-order valence-electron chi connectivity index (χ3n) is 3.83. The van der Waals surface area contributed by atoms with E-state index in [0.717, 1.165) is 31.6 Å². The van der Waals surface area contributed by atoms with Crippen molar-refractivity contribution in [2.45, 2.75) is 18.9 Å². The Labute approximate surface area is 112 Å². The van der Waals surface area contributed by atoms with Crippen molar-refractivity contribution in [3.8, 4) is 0 Å². The summed E-state index contributed by atoms with van der Waals surface area (Å²) in [6.07, 6.45) is 2.19. The van der Waals surface area contributed by atoms with E-state index in [4.69, 9.17) is 0 Å². The molecule has 1 fully saturated rings. The minimum atomic E-state index is -0.300. The molecule has 2 aliphatic heterocycles. The van der Waals surface area contributed by atoms with Crippen molar-refractivity contribution in [2.24, 2.45) is 0 Å². The number of carbonyl (C=O) groups excluding carboxylic acids is 2. The van der Waals surface area contributed by atoms with E-state index in [1.54, 1.807) is 12.1 Å². The Balaban J connectivity index is 1.75. The van der Waals surface area contributed by atoms with Crippen LogP contribution in [0.25, 0.3) is 0 Å². The van der Waals surface area contributed by atoms with E-state index in [0.29, 0.717) is 17.2 Å². The molecule has 1 saturated heterocycles. The van der Waals surface area contributed by atoms with Gasteiger partial charge in [0.1, 0.15) is 0 Å². The van der Waals surface area contributed by atoms with Crippen molar-refractivity contribution in [1.29, 1.82) is 0 Å². The number of nitrogens with zero attached hydrogens (tertiary/aromatic N) is 1. The van der Waals surface area contributed by atoms with Crippen LogP contribution in [0, 0.1) is 0 Å². The highest BCUT2D eigenvalue weighted by molar-refractivity contribution is 6.21. The first kappa shape index (κ1) is 12.2. The zero-order valence-corrected chi connectivity index (χ0v) is 10.9. The highest BCUT2D eigenvalue weighted by atomic mass is 16.2. The van der Waals surface area contributed by atoms with E-state index in [2.05, 4.69) is 22.6 Å². The molecule has 5 heteroatoms. The lowest BCUT2D eigenvalue weighted by Crippen LogP contribution is -2.36. The highest BCUT2D eigenvalue weighted by Gasteiger charge is 2.27. The number of carbonyl (C=O) groups is 2. The topological polar surface area (TPSA) is 61.4 Å². The largest absolute Gasteiger partial charge is 0.382 e. The Kier molecular flexibility index (Phi) is 2.98. The lowest BCUT2D eigenvalue weighted by molar-refractivity contribution is 0.0879. The number of imide groups is 1. The molecule has 2 heterocycles. The number of fused-ring (bicyclic) bond motifs is 1. The Hall–Kier alpha value is -1.88. The Morgan fingerprint density at radius 1 is 1.16 bits per heavy atom. The van der Waals surface area contributed by atoms with Crippen molar-refractivity contribution in [2.75, 3.05) is 25.5 Å². The molecule has 2 aliphatic rings. The van der Waals surface area contributed by atoms with Gasteiger partial charge in [-0.2, -0.15) is 0 Å². The molecule has 0 radical (unpaired) electrons. The Morgan fingerprint density at radius 3 is 2.58 bits per heavy atom. The van der Waals surface area contributed by atoms with Gasteiger partial charge in [-0.1, -0.05) is 0 Å². The molecule has 100 valence electrons. The average molecular weight is 259 g/mol. The van der Waals surface area contributed by atoms with Crippen LogP contribution in [0.4, 0.5) is 5.69 Å². The first-order valence-electron chi connectivity index (χ1n) is 6.58. The van der Waals surface area contributed by atoms with Crippen LogP contribution < -0.4 is 10.6 Å². The molecule has 3 rings (SSSR count). The zero-order valence-electron chi connectivity index (χ0n) is 10.9. The van der Waals surface area contributed by atoms with Crippen LogP contribution in [0.1, 0.15) is 33.6 Å². The second kappa shape index (κ2) is 4.66. The monoisotopic (exact) mass is 259 g/mol. The fourth-order valence-corrected chi connectivity index (χ4v) is 2.65. The maximum Gasteiger partial charge on any atom is 0.259 e. The molecular formula is C14H17N3O2. The van der Waals surface area contributed by atoms with Crippen molar-refractivity contribution in [3.05, 3.63) is 29.3 Å².